The Kier molecular flexibility index (Phi) is 19.0. The maximum atomic E-state index is 10.5. The summed E-state index contributed by atoms with van der Waals surface area (Å²) in [4.78, 5) is 40.7. The third-order valence-corrected chi connectivity index (χ3v) is 5.07. The van der Waals surface area contributed by atoms with Crippen LogP contribution in [0.3, 0.4) is 0 Å². The molecule has 12 heteroatoms. The van der Waals surface area contributed by atoms with Gasteiger partial charge in [0, 0.05) is 12.5 Å². The third-order valence-electron chi connectivity index (χ3n) is 4.43. The van der Waals surface area contributed by atoms with Gasteiger partial charge in [0.05, 0.1) is 0 Å². The second-order valence-electron chi connectivity index (χ2n) is 7.24. The van der Waals surface area contributed by atoms with Gasteiger partial charge in [0.2, 0.25) is 5.91 Å². The maximum absolute atomic E-state index is 10.5. The van der Waals surface area contributed by atoms with Crippen LogP contribution in [0.15, 0.2) is 0 Å². The van der Waals surface area contributed by atoms with Crippen LogP contribution in [0.25, 0.3) is 0 Å². The van der Waals surface area contributed by atoms with Crippen molar-refractivity contribution in [2.24, 2.45) is 17.2 Å². The molecule has 31 heavy (non-hydrogen) atoms. The van der Waals surface area contributed by atoms with Crippen LogP contribution in [-0.4, -0.2) is 75.3 Å². The van der Waals surface area contributed by atoms with Gasteiger partial charge in [-0.25, -0.2) is 0 Å². The molecule has 182 valence electrons. The van der Waals surface area contributed by atoms with Gasteiger partial charge in [-0.1, -0.05) is 19.3 Å². The molecule has 1 fully saturated rings. The van der Waals surface area contributed by atoms with Gasteiger partial charge in [-0.2, -0.15) is 11.8 Å². The van der Waals surface area contributed by atoms with Crippen LogP contribution in [-0.2, 0) is 19.2 Å². The van der Waals surface area contributed by atoms with Crippen molar-refractivity contribution < 1.29 is 34.5 Å². The lowest BCUT2D eigenvalue weighted by Crippen LogP contribution is -2.42. The van der Waals surface area contributed by atoms with E-state index in [0.29, 0.717) is 12.5 Å². The smallest absolute Gasteiger partial charge is 0.320 e. The van der Waals surface area contributed by atoms with Crippen LogP contribution in [0.5, 0.6) is 0 Å². The van der Waals surface area contributed by atoms with E-state index in [1.807, 2.05) is 6.26 Å². The second-order valence-corrected chi connectivity index (χ2v) is 8.22. The fourth-order valence-corrected chi connectivity index (χ4v) is 2.97. The van der Waals surface area contributed by atoms with Crippen LogP contribution in [0.1, 0.15) is 58.3 Å². The van der Waals surface area contributed by atoms with Gasteiger partial charge in [-0.3, -0.25) is 19.2 Å². The molecule has 0 radical (unpaired) electrons. The van der Waals surface area contributed by atoms with Crippen LogP contribution in [0.2, 0.25) is 0 Å². The van der Waals surface area contributed by atoms with E-state index in [-0.39, 0.29) is 12.8 Å². The first-order valence-corrected chi connectivity index (χ1v) is 11.5. The highest BCUT2D eigenvalue weighted by atomic mass is 32.2. The number of hydrogen-bond donors (Lipinski definition) is 7. The molecule has 1 rings (SSSR count). The Bertz CT molecular complexity index is 545. The topological polar surface area (TPSA) is 219 Å². The molecular formula is C19H38N4O7S. The number of thioether (sulfide) groups is 1. The van der Waals surface area contributed by atoms with E-state index in [0.717, 1.165) is 18.6 Å². The van der Waals surface area contributed by atoms with Crippen molar-refractivity contribution in [2.45, 2.75) is 82.5 Å². The molecule has 0 aliphatic heterocycles. The average Bonchev–Trinajstić information content (AvgIpc) is 2.71. The number of carboxylic acid groups (broad SMARTS) is 3. The summed E-state index contributed by atoms with van der Waals surface area (Å²) >= 11 is 1.60. The monoisotopic (exact) mass is 466 g/mol. The fraction of sp³-hybridized carbons (Fsp3) is 0.789. The van der Waals surface area contributed by atoms with E-state index in [4.69, 9.17) is 32.5 Å². The van der Waals surface area contributed by atoms with Gasteiger partial charge < -0.3 is 37.8 Å². The Morgan fingerprint density at radius 3 is 1.81 bits per heavy atom. The molecule has 0 aromatic rings. The van der Waals surface area contributed by atoms with Crippen molar-refractivity contribution >= 4 is 35.6 Å². The number of aliphatic carboxylic acids is 3. The highest BCUT2D eigenvalue weighted by molar-refractivity contribution is 7.98. The summed E-state index contributed by atoms with van der Waals surface area (Å²) in [6.45, 7) is 1.71. The molecule has 0 bridgehead atoms. The van der Waals surface area contributed by atoms with Gasteiger partial charge in [-0.15, -0.1) is 0 Å². The normalized spacial score (nSPS) is 16.4. The van der Waals surface area contributed by atoms with Crippen molar-refractivity contribution in [1.29, 1.82) is 0 Å². The Balaban J connectivity index is 0. The molecule has 1 amide bonds. The van der Waals surface area contributed by atoms with Crippen molar-refractivity contribution in [3.05, 3.63) is 0 Å². The Morgan fingerprint density at radius 1 is 0.935 bits per heavy atom. The Morgan fingerprint density at radius 2 is 1.42 bits per heavy atom. The summed E-state index contributed by atoms with van der Waals surface area (Å²) in [7, 11) is 0. The lowest BCUT2D eigenvalue weighted by atomic mass is 9.95. The molecule has 0 spiro atoms. The van der Waals surface area contributed by atoms with E-state index in [1.165, 1.54) is 19.3 Å². The Labute approximate surface area is 187 Å². The number of carbonyl (C=O) groups excluding carboxylic acids is 1. The first kappa shape index (κ1) is 31.3. The fourth-order valence-electron chi connectivity index (χ4n) is 2.48. The minimum absolute atomic E-state index is 0.0213. The van der Waals surface area contributed by atoms with Gasteiger partial charge in [0.1, 0.15) is 18.1 Å². The molecule has 0 aromatic heterocycles. The first-order valence-electron chi connectivity index (χ1n) is 10.1. The lowest BCUT2D eigenvalue weighted by molar-refractivity contribution is -0.140. The van der Waals surface area contributed by atoms with Gasteiger partial charge >= 0.3 is 17.9 Å². The zero-order valence-corrected chi connectivity index (χ0v) is 19.1. The number of nitrogens with one attached hydrogen (secondary N) is 1. The molecule has 0 unspecified atom stereocenters. The number of carbonyl (C=O) groups is 4. The first-order chi connectivity index (χ1) is 14.4. The highest BCUT2D eigenvalue weighted by Crippen LogP contribution is 2.17. The summed E-state index contributed by atoms with van der Waals surface area (Å²) in [5.74, 6) is -2.49. The quantitative estimate of drug-likeness (QED) is 0.218. The Hall–Kier alpha value is -1.89. The number of amides is 1. The molecule has 1 aliphatic rings. The molecule has 11 nitrogen and oxygen atoms in total. The standard InChI is InChI=1S/C9H17NO2.C5H10N2O3.C5H11NO2S/c1-7(9(11)12)10-8-5-3-2-4-6-8;6-3(5(9)10)1-2-4(7)8;1-9-3-2-4(6)5(7)8/h7-8,10H,2-6H2,1H3,(H,11,12);3H,1-2,6H2,(H2,7,8)(H,9,10);4H,2-3,6H2,1H3,(H,7,8)/t7-;3-;4-/m000/s1. The number of rotatable bonds is 11. The van der Waals surface area contributed by atoms with Gasteiger partial charge in [0.15, 0.2) is 0 Å². The largest absolute Gasteiger partial charge is 0.480 e. The van der Waals surface area contributed by atoms with Crippen molar-refractivity contribution in [1.82, 2.24) is 5.32 Å². The van der Waals surface area contributed by atoms with E-state index >= 15 is 0 Å². The zero-order chi connectivity index (χ0) is 24.4. The molecule has 10 N–H and O–H groups in total. The zero-order valence-electron chi connectivity index (χ0n) is 18.3. The van der Waals surface area contributed by atoms with Crippen LogP contribution < -0.4 is 22.5 Å². The van der Waals surface area contributed by atoms with Crippen molar-refractivity contribution in [3.63, 3.8) is 0 Å². The van der Waals surface area contributed by atoms with Crippen LogP contribution in [0, 0.1) is 0 Å². The minimum Gasteiger partial charge on any atom is -0.480 e. The molecule has 0 heterocycles. The molecule has 1 saturated carbocycles. The summed E-state index contributed by atoms with van der Waals surface area (Å²) in [6.07, 6.45) is 8.66. The number of primary amides is 1. The number of hydrogen-bond acceptors (Lipinski definition) is 8. The molecule has 1 aliphatic carbocycles. The van der Waals surface area contributed by atoms with Crippen LogP contribution in [0.4, 0.5) is 0 Å². The lowest BCUT2D eigenvalue weighted by Gasteiger charge is -2.24. The number of nitrogens with two attached hydrogens (primary N) is 3. The molecule has 0 aromatic carbocycles. The summed E-state index contributed by atoms with van der Waals surface area (Å²) in [6, 6.07) is -1.62. The predicted octanol–water partition coefficient (Wildman–Crippen LogP) is 0.197. The van der Waals surface area contributed by atoms with Crippen molar-refractivity contribution in [2.75, 3.05) is 12.0 Å². The average molecular weight is 467 g/mol. The predicted molar refractivity (Wildman–Crippen MR) is 120 cm³/mol. The highest BCUT2D eigenvalue weighted by Gasteiger charge is 2.18. The summed E-state index contributed by atoms with van der Waals surface area (Å²) < 4.78 is 0. The van der Waals surface area contributed by atoms with Crippen molar-refractivity contribution in [3.8, 4) is 0 Å². The molecule has 0 saturated heterocycles. The van der Waals surface area contributed by atoms with Gasteiger partial charge in [-0.05, 0) is 44.6 Å². The van der Waals surface area contributed by atoms with E-state index < -0.39 is 41.9 Å². The SMILES string of the molecule is CSCC[C@H](N)C(=O)O.C[C@H](NC1CCCCC1)C(=O)O.NC(=O)CC[C@H](N)C(=O)O. The minimum atomic E-state index is -1.11. The summed E-state index contributed by atoms with van der Waals surface area (Å²) in [5.41, 5.74) is 15.0. The van der Waals surface area contributed by atoms with E-state index in [2.05, 4.69) is 5.32 Å². The van der Waals surface area contributed by atoms with E-state index in [1.54, 1.807) is 18.7 Å². The van der Waals surface area contributed by atoms with Crippen LogP contribution >= 0.6 is 11.8 Å². The maximum Gasteiger partial charge on any atom is 0.320 e. The molecule has 3 atom stereocenters. The summed E-state index contributed by atoms with van der Waals surface area (Å²) in [5, 5.41) is 28.3. The number of carboxylic acids is 3. The second kappa shape index (κ2) is 18.8. The van der Waals surface area contributed by atoms with Gasteiger partial charge in [0.25, 0.3) is 0 Å². The molecular weight excluding hydrogens is 428 g/mol. The van der Waals surface area contributed by atoms with E-state index in [9.17, 15) is 19.2 Å². The third kappa shape index (κ3) is 19.8.